The average molecular weight is 1260 g/mol. The number of rotatable bonds is 49. The molecule has 0 aromatic heterocycles. The molecule has 0 spiro atoms. The first-order valence-electron chi connectivity index (χ1n) is 33.4. The standard InChI is InChI=1S/C65H116N2O21/c1-4-6-8-10-12-14-16-18-20-22-24-26-28-30-32-34-36-38-47(72)46(67-52(75)39-37-35-33-31-29-27-25-23-21-19-17-15-13-11-9-7-5-2)44-83-62-57(79)56(78)59(51(43-70)85-62)86-63-58(80)61(55(77)50(42-69)84-63)88-65(64(81)82)40-48(73)53(66-45(3)71)60(87-65)54(76)49(74)41-68/h13,15,19,21,36,38,46-51,53-63,68-70,72-74,76-80H,4-12,14,16-18,20,22-35,37,39-44H2,1-3H3,(H,66,71)(H,67,75)(H,81,82)/b15-13-,21-19-,38-36+. The quantitative estimate of drug-likeness (QED) is 0.0280. The summed E-state index contributed by atoms with van der Waals surface area (Å²) in [5.41, 5.74) is 0. The van der Waals surface area contributed by atoms with Gasteiger partial charge in [0.25, 0.3) is 5.79 Å². The molecule has 88 heavy (non-hydrogen) atoms. The molecule has 3 aliphatic rings. The van der Waals surface area contributed by atoms with Crippen molar-refractivity contribution in [1.29, 1.82) is 0 Å². The van der Waals surface area contributed by atoms with Crippen molar-refractivity contribution in [3.05, 3.63) is 36.5 Å². The van der Waals surface area contributed by atoms with E-state index in [0.717, 1.165) is 84.0 Å². The summed E-state index contributed by atoms with van der Waals surface area (Å²) in [7, 11) is 0. The molecular formula is C65H116N2O21. The number of hydrogen-bond acceptors (Lipinski definition) is 20. The second-order valence-corrected chi connectivity index (χ2v) is 24.3. The van der Waals surface area contributed by atoms with Gasteiger partial charge in [-0.3, -0.25) is 9.59 Å². The van der Waals surface area contributed by atoms with Crippen LogP contribution in [0.3, 0.4) is 0 Å². The summed E-state index contributed by atoms with van der Waals surface area (Å²) in [6.45, 7) is 2.09. The van der Waals surface area contributed by atoms with Crippen LogP contribution in [0.4, 0.5) is 0 Å². The maximum absolute atomic E-state index is 13.4. The number of allylic oxidation sites excluding steroid dienone is 5. The van der Waals surface area contributed by atoms with Crippen molar-refractivity contribution in [3.63, 3.8) is 0 Å². The van der Waals surface area contributed by atoms with Crippen molar-refractivity contribution in [3.8, 4) is 0 Å². The number of carbonyl (C=O) groups excluding carboxylic acids is 2. The van der Waals surface area contributed by atoms with Crippen LogP contribution in [0.1, 0.15) is 220 Å². The van der Waals surface area contributed by atoms with E-state index in [1.807, 2.05) is 6.08 Å². The Bertz CT molecular complexity index is 1930. The van der Waals surface area contributed by atoms with E-state index in [-0.39, 0.29) is 12.3 Å². The highest BCUT2D eigenvalue weighted by atomic mass is 16.8. The van der Waals surface area contributed by atoms with Crippen molar-refractivity contribution < 1.29 is 104 Å². The van der Waals surface area contributed by atoms with Gasteiger partial charge in [0.05, 0.1) is 50.7 Å². The summed E-state index contributed by atoms with van der Waals surface area (Å²) >= 11 is 0. The topological polar surface area (TPSA) is 373 Å². The number of carbonyl (C=O) groups is 3. The predicted molar refractivity (Wildman–Crippen MR) is 329 cm³/mol. The number of unbranched alkanes of at least 4 members (excludes halogenated alkanes) is 25. The van der Waals surface area contributed by atoms with Crippen LogP contribution in [-0.4, -0.2) is 215 Å². The van der Waals surface area contributed by atoms with Crippen molar-refractivity contribution in [1.82, 2.24) is 10.6 Å². The van der Waals surface area contributed by atoms with Crippen LogP contribution in [-0.2, 0) is 42.8 Å². The third-order valence-electron chi connectivity index (χ3n) is 16.8. The number of amides is 2. The molecule has 0 aliphatic carbocycles. The Morgan fingerprint density at radius 1 is 0.602 bits per heavy atom. The van der Waals surface area contributed by atoms with Crippen LogP contribution < -0.4 is 10.6 Å². The zero-order valence-electron chi connectivity index (χ0n) is 53.1. The SMILES string of the molecule is CCCCC/C=C\C/C=C\CCCCCCCCCC(=O)NC(COC1OC(CO)C(OC2OC(CO)C(O)C(OC3(C(=O)O)CC(O)C(NC(C)=O)C(C(O)C(O)CO)O3)C2O)C(O)C1O)C(O)/C=C/CCCCCCCCCCCCCCCCC. The molecule has 0 aromatic carbocycles. The summed E-state index contributed by atoms with van der Waals surface area (Å²) in [5.74, 6) is -6.16. The van der Waals surface area contributed by atoms with Gasteiger partial charge in [-0.2, -0.15) is 0 Å². The lowest BCUT2D eigenvalue weighted by atomic mass is 9.88. The van der Waals surface area contributed by atoms with Crippen LogP contribution in [0.25, 0.3) is 0 Å². The minimum Gasteiger partial charge on any atom is -0.477 e. The molecule has 3 rings (SSSR count). The highest BCUT2D eigenvalue weighted by Gasteiger charge is 2.60. The Morgan fingerprint density at radius 2 is 1.10 bits per heavy atom. The van der Waals surface area contributed by atoms with Crippen molar-refractivity contribution in [2.24, 2.45) is 0 Å². The summed E-state index contributed by atoms with van der Waals surface area (Å²) in [5, 5.41) is 136. The van der Waals surface area contributed by atoms with Gasteiger partial charge in [0.1, 0.15) is 67.1 Å². The lowest BCUT2D eigenvalue weighted by Gasteiger charge is -2.50. The molecule has 0 saturated carbocycles. The number of aliphatic hydroxyl groups is 11. The monoisotopic (exact) mass is 1260 g/mol. The van der Waals surface area contributed by atoms with Gasteiger partial charge in [0, 0.05) is 19.8 Å². The number of ether oxygens (including phenoxy) is 6. The Hall–Kier alpha value is -3.05. The molecule has 512 valence electrons. The second-order valence-electron chi connectivity index (χ2n) is 24.3. The van der Waals surface area contributed by atoms with Gasteiger partial charge in [-0.25, -0.2) is 4.79 Å². The molecule has 14 N–H and O–H groups in total. The van der Waals surface area contributed by atoms with Crippen LogP contribution >= 0.6 is 0 Å². The van der Waals surface area contributed by atoms with Gasteiger partial charge in [0.15, 0.2) is 12.6 Å². The number of nitrogens with one attached hydrogen (secondary N) is 2. The van der Waals surface area contributed by atoms with Gasteiger partial charge >= 0.3 is 5.97 Å². The first-order valence-corrected chi connectivity index (χ1v) is 33.4. The fourth-order valence-corrected chi connectivity index (χ4v) is 11.4. The van der Waals surface area contributed by atoms with E-state index >= 15 is 0 Å². The number of hydrogen-bond donors (Lipinski definition) is 14. The predicted octanol–water partition coefficient (Wildman–Crippen LogP) is 5.06. The minimum atomic E-state index is -3.08. The summed E-state index contributed by atoms with van der Waals surface area (Å²) < 4.78 is 34.7. The molecule has 23 nitrogen and oxygen atoms in total. The third-order valence-corrected chi connectivity index (χ3v) is 16.8. The lowest BCUT2D eigenvalue weighted by Crippen LogP contribution is -2.70. The molecule has 0 bridgehead atoms. The zero-order chi connectivity index (χ0) is 64.7. The molecule has 0 aromatic rings. The highest BCUT2D eigenvalue weighted by Crippen LogP contribution is 2.38. The van der Waals surface area contributed by atoms with Gasteiger partial charge in [-0.05, 0) is 51.4 Å². The van der Waals surface area contributed by atoms with E-state index < -0.39 is 155 Å². The maximum Gasteiger partial charge on any atom is 0.364 e. The number of aliphatic carboxylic acids is 1. The fraction of sp³-hybridized carbons (Fsp3) is 0.862. The van der Waals surface area contributed by atoms with Crippen molar-refractivity contribution in [2.45, 2.75) is 330 Å². The zero-order valence-corrected chi connectivity index (χ0v) is 53.1. The van der Waals surface area contributed by atoms with E-state index in [4.69, 9.17) is 28.4 Å². The molecule has 3 heterocycles. The molecule has 3 aliphatic heterocycles. The van der Waals surface area contributed by atoms with Crippen molar-refractivity contribution in [2.75, 3.05) is 26.4 Å². The van der Waals surface area contributed by atoms with Gasteiger partial charge < -0.3 is 100 Å². The number of carboxylic acids is 1. The highest BCUT2D eigenvalue weighted by molar-refractivity contribution is 5.77. The molecule has 18 unspecified atom stereocenters. The summed E-state index contributed by atoms with van der Waals surface area (Å²) in [6.07, 6.45) is 16.1. The Balaban J connectivity index is 1.64. The Morgan fingerprint density at radius 3 is 1.62 bits per heavy atom. The normalized spacial score (nSPS) is 29.2. The van der Waals surface area contributed by atoms with Gasteiger partial charge in [0.2, 0.25) is 11.8 Å². The van der Waals surface area contributed by atoms with E-state index in [1.165, 1.54) is 96.3 Å². The largest absolute Gasteiger partial charge is 0.477 e. The van der Waals surface area contributed by atoms with Gasteiger partial charge in [-0.15, -0.1) is 0 Å². The van der Waals surface area contributed by atoms with Crippen LogP contribution in [0, 0.1) is 0 Å². The Labute approximate surface area is 523 Å². The number of carboxylic acid groups (broad SMARTS) is 1. The summed E-state index contributed by atoms with van der Waals surface area (Å²) in [4.78, 5) is 38.5. The molecular weight excluding hydrogens is 1140 g/mol. The van der Waals surface area contributed by atoms with Gasteiger partial charge in [-0.1, -0.05) is 185 Å². The molecule has 23 heteroatoms. The maximum atomic E-state index is 13.4. The first-order chi connectivity index (χ1) is 42.4. The molecule has 0 radical (unpaired) electrons. The smallest absolute Gasteiger partial charge is 0.364 e. The first kappa shape index (κ1) is 79.2. The van der Waals surface area contributed by atoms with Crippen LogP contribution in [0.5, 0.6) is 0 Å². The Kier molecular flexibility index (Phi) is 41.5. The van der Waals surface area contributed by atoms with E-state index in [9.17, 15) is 75.7 Å². The average Bonchev–Trinajstić information content (AvgIpc) is 1.22. The fourth-order valence-electron chi connectivity index (χ4n) is 11.4. The summed E-state index contributed by atoms with van der Waals surface area (Å²) in [6, 6.07) is -2.62. The van der Waals surface area contributed by atoms with E-state index in [0.29, 0.717) is 12.8 Å². The van der Waals surface area contributed by atoms with Crippen LogP contribution in [0.15, 0.2) is 36.5 Å². The molecule has 2 amide bonds. The van der Waals surface area contributed by atoms with Crippen LogP contribution in [0.2, 0.25) is 0 Å². The molecule has 3 fully saturated rings. The number of aliphatic hydroxyl groups excluding tert-OH is 11. The van der Waals surface area contributed by atoms with E-state index in [2.05, 4.69) is 48.8 Å². The molecule has 18 atom stereocenters. The second kappa shape index (κ2) is 46.1. The molecule has 3 saturated heterocycles. The lowest BCUT2D eigenvalue weighted by molar-refractivity contribution is -0.386. The van der Waals surface area contributed by atoms with E-state index in [1.54, 1.807) is 6.08 Å². The minimum absolute atomic E-state index is 0.190. The van der Waals surface area contributed by atoms with Crippen molar-refractivity contribution >= 4 is 17.8 Å². The third kappa shape index (κ3) is 28.9.